The molecule has 5 nitrogen and oxygen atoms in total. The zero-order chi connectivity index (χ0) is 12.4. The molecular formula is C12H17ClN4O. The van der Waals surface area contributed by atoms with Crippen LogP contribution >= 0.6 is 12.4 Å². The van der Waals surface area contributed by atoms with Gasteiger partial charge in [-0.25, -0.2) is 0 Å². The van der Waals surface area contributed by atoms with Crippen LogP contribution in [0.25, 0.3) is 10.9 Å². The molecule has 1 aromatic carbocycles. The van der Waals surface area contributed by atoms with E-state index in [-0.39, 0.29) is 24.4 Å². The first-order valence-electron chi connectivity index (χ1n) is 5.56. The van der Waals surface area contributed by atoms with Crippen LogP contribution < -0.4 is 11.1 Å². The number of H-pyrrole nitrogens is 1. The predicted octanol–water partition coefficient (Wildman–Crippen LogP) is 1.97. The smallest absolute Gasteiger partial charge is 0.225 e. The molecule has 4 N–H and O–H groups in total. The number of nitrogens with one attached hydrogen (secondary N) is 2. The number of aryl methyl sites for hydroxylation is 1. The number of amides is 1. The van der Waals surface area contributed by atoms with Crippen molar-refractivity contribution in [1.82, 2.24) is 10.2 Å². The average molecular weight is 269 g/mol. The second kappa shape index (κ2) is 5.84. The van der Waals surface area contributed by atoms with Gasteiger partial charge < -0.3 is 11.1 Å². The summed E-state index contributed by atoms with van der Waals surface area (Å²) in [6.07, 6.45) is 2.06. The Balaban J connectivity index is 0.00000162. The zero-order valence-corrected chi connectivity index (χ0v) is 11.2. The van der Waals surface area contributed by atoms with Crippen LogP contribution in [0, 0.1) is 6.92 Å². The van der Waals surface area contributed by atoms with Gasteiger partial charge in [0.2, 0.25) is 5.91 Å². The molecule has 6 heteroatoms. The number of anilines is 1. The van der Waals surface area contributed by atoms with Gasteiger partial charge in [0.15, 0.2) is 0 Å². The minimum Gasteiger partial charge on any atom is -0.327 e. The maximum atomic E-state index is 11.6. The Morgan fingerprint density at radius 3 is 2.94 bits per heavy atom. The molecule has 0 radical (unpaired) electrons. The summed E-state index contributed by atoms with van der Waals surface area (Å²) in [5.74, 6) is -0.0836. The lowest BCUT2D eigenvalue weighted by atomic mass is 10.1. The molecule has 1 unspecified atom stereocenters. The van der Waals surface area contributed by atoms with Gasteiger partial charge >= 0.3 is 0 Å². The monoisotopic (exact) mass is 268 g/mol. The maximum Gasteiger partial charge on any atom is 0.225 e. The van der Waals surface area contributed by atoms with Gasteiger partial charge in [0.05, 0.1) is 17.4 Å². The number of hydrogen-bond donors (Lipinski definition) is 3. The summed E-state index contributed by atoms with van der Waals surface area (Å²) < 4.78 is 0. The Morgan fingerprint density at radius 1 is 1.56 bits per heavy atom. The highest BCUT2D eigenvalue weighted by Crippen LogP contribution is 2.24. The van der Waals surface area contributed by atoms with E-state index < -0.39 is 0 Å². The van der Waals surface area contributed by atoms with Gasteiger partial charge in [0.1, 0.15) is 0 Å². The lowest BCUT2D eigenvalue weighted by molar-refractivity contribution is -0.116. The minimum atomic E-state index is -0.141. The fourth-order valence-electron chi connectivity index (χ4n) is 1.77. The lowest BCUT2D eigenvalue weighted by Crippen LogP contribution is -2.24. The molecule has 0 saturated carbocycles. The molecule has 0 bridgehead atoms. The van der Waals surface area contributed by atoms with Crippen LogP contribution in [0.2, 0.25) is 0 Å². The molecule has 0 fully saturated rings. The normalized spacial score (nSPS) is 11.9. The summed E-state index contributed by atoms with van der Waals surface area (Å²) >= 11 is 0. The van der Waals surface area contributed by atoms with Gasteiger partial charge in [-0.05, 0) is 25.5 Å². The molecule has 0 aliphatic heterocycles. The molecule has 2 aromatic rings. The molecule has 1 heterocycles. The SMILES string of the molecule is Cc1ccc(NC(=O)CC(C)N)c2[nH]ncc12.Cl. The Bertz CT molecular complexity index is 550. The number of carbonyl (C=O) groups is 1. The zero-order valence-electron chi connectivity index (χ0n) is 10.4. The molecule has 0 spiro atoms. The minimum absolute atomic E-state index is 0. The van der Waals surface area contributed by atoms with Crippen molar-refractivity contribution in [2.45, 2.75) is 26.3 Å². The molecular weight excluding hydrogens is 252 g/mol. The predicted molar refractivity (Wildman–Crippen MR) is 75.0 cm³/mol. The van der Waals surface area contributed by atoms with Crippen molar-refractivity contribution in [3.63, 3.8) is 0 Å². The Morgan fingerprint density at radius 2 is 2.28 bits per heavy atom. The fourth-order valence-corrected chi connectivity index (χ4v) is 1.77. The number of rotatable bonds is 3. The molecule has 98 valence electrons. The number of carbonyl (C=O) groups excluding carboxylic acids is 1. The highest BCUT2D eigenvalue weighted by Gasteiger charge is 2.10. The van der Waals surface area contributed by atoms with Crippen molar-refractivity contribution >= 4 is 34.9 Å². The van der Waals surface area contributed by atoms with Gasteiger partial charge in [-0.2, -0.15) is 5.10 Å². The molecule has 1 aromatic heterocycles. The number of nitrogens with zero attached hydrogens (tertiary/aromatic N) is 1. The molecule has 0 saturated heterocycles. The topological polar surface area (TPSA) is 83.8 Å². The van der Waals surface area contributed by atoms with Crippen LogP contribution in [-0.2, 0) is 4.79 Å². The van der Waals surface area contributed by atoms with Crippen molar-refractivity contribution in [1.29, 1.82) is 0 Å². The third-order valence-electron chi connectivity index (χ3n) is 2.61. The quantitative estimate of drug-likeness (QED) is 0.796. The van der Waals surface area contributed by atoms with Gasteiger partial charge in [-0.3, -0.25) is 9.89 Å². The summed E-state index contributed by atoms with van der Waals surface area (Å²) in [4.78, 5) is 11.6. The molecule has 18 heavy (non-hydrogen) atoms. The largest absolute Gasteiger partial charge is 0.327 e. The van der Waals surface area contributed by atoms with E-state index in [1.54, 1.807) is 13.1 Å². The first-order chi connectivity index (χ1) is 8.08. The van der Waals surface area contributed by atoms with Crippen LogP contribution in [-0.4, -0.2) is 22.1 Å². The first kappa shape index (κ1) is 14.5. The summed E-state index contributed by atoms with van der Waals surface area (Å²) in [5, 5.41) is 10.7. The second-order valence-electron chi connectivity index (χ2n) is 4.32. The van der Waals surface area contributed by atoms with Crippen molar-refractivity contribution < 1.29 is 4.79 Å². The van der Waals surface area contributed by atoms with Gasteiger partial charge in [-0.1, -0.05) is 6.07 Å². The summed E-state index contributed by atoms with van der Waals surface area (Å²) in [6, 6.07) is 3.69. The van der Waals surface area contributed by atoms with Crippen molar-refractivity contribution in [2.75, 3.05) is 5.32 Å². The molecule has 0 aliphatic rings. The fraction of sp³-hybridized carbons (Fsp3) is 0.333. The van der Waals surface area contributed by atoms with E-state index in [4.69, 9.17) is 5.73 Å². The number of benzene rings is 1. The van der Waals surface area contributed by atoms with Crippen molar-refractivity contribution in [3.05, 3.63) is 23.9 Å². The van der Waals surface area contributed by atoms with E-state index in [9.17, 15) is 4.79 Å². The number of aromatic nitrogens is 2. The van der Waals surface area contributed by atoms with Crippen molar-refractivity contribution in [3.8, 4) is 0 Å². The molecule has 1 atom stereocenters. The van der Waals surface area contributed by atoms with Crippen LogP contribution in [0.1, 0.15) is 18.9 Å². The number of aromatic amines is 1. The van der Waals surface area contributed by atoms with Gasteiger partial charge in [0, 0.05) is 17.8 Å². The third kappa shape index (κ3) is 3.00. The standard InChI is InChI=1S/C12H16N4O.ClH/c1-7-3-4-10(12-9(7)6-14-16-12)15-11(17)5-8(2)13;/h3-4,6,8H,5,13H2,1-2H3,(H,14,16)(H,15,17);1H. The summed E-state index contributed by atoms with van der Waals surface area (Å²) in [6.45, 7) is 3.81. The third-order valence-corrected chi connectivity index (χ3v) is 2.61. The van der Waals surface area contributed by atoms with E-state index in [1.807, 2.05) is 19.1 Å². The lowest BCUT2D eigenvalue weighted by Gasteiger charge is -2.08. The molecule has 1 amide bonds. The summed E-state index contributed by atoms with van der Waals surface area (Å²) in [5.41, 5.74) is 8.30. The van der Waals surface area contributed by atoms with E-state index in [2.05, 4.69) is 15.5 Å². The first-order valence-corrected chi connectivity index (χ1v) is 5.56. The van der Waals surface area contributed by atoms with E-state index in [0.29, 0.717) is 6.42 Å². The number of fused-ring (bicyclic) bond motifs is 1. The molecule has 2 rings (SSSR count). The van der Waals surface area contributed by atoms with Crippen LogP contribution in [0.3, 0.4) is 0 Å². The van der Waals surface area contributed by atoms with Gasteiger partial charge in [-0.15, -0.1) is 12.4 Å². The Hall–Kier alpha value is -1.59. The second-order valence-corrected chi connectivity index (χ2v) is 4.32. The average Bonchev–Trinajstić information content (AvgIpc) is 2.70. The van der Waals surface area contributed by atoms with Crippen LogP contribution in [0.5, 0.6) is 0 Å². The number of halogens is 1. The highest BCUT2D eigenvalue weighted by molar-refractivity contribution is 6.01. The van der Waals surface area contributed by atoms with Crippen LogP contribution in [0.15, 0.2) is 18.3 Å². The summed E-state index contributed by atoms with van der Waals surface area (Å²) in [7, 11) is 0. The number of hydrogen-bond acceptors (Lipinski definition) is 3. The maximum absolute atomic E-state index is 11.6. The van der Waals surface area contributed by atoms with E-state index in [1.165, 1.54) is 0 Å². The number of nitrogens with two attached hydrogens (primary N) is 1. The molecule has 0 aliphatic carbocycles. The van der Waals surface area contributed by atoms with Crippen LogP contribution in [0.4, 0.5) is 5.69 Å². The van der Waals surface area contributed by atoms with E-state index >= 15 is 0 Å². The Labute approximate surface area is 112 Å². The Kier molecular flexibility index (Phi) is 4.69. The highest BCUT2D eigenvalue weighted by atomic mass is 35.5. The van der Waals surface area contributed by atoms with Crippen molar-refractivity contribution in [2.24, 2.45) is 5.73 Å². The van der Waals surface area contributed by atoms with Gasteiger partial charge in [0.25, 0.3) is 0 Å². The van der Waals surface area contributed by atoms with E-state index in [0.717, 1.165) is 22.2 Å².